The number of likely N-dealkylation sites (tertiary alicyclic amines) is 1. The lowest BCUT2D eigenvalue weighted by molar-refractivity contribution is -0.148. The van der Waals surface area contributed by atoms with Crippen LogP contribution in [-0.4, -0.2) is 164 Å². The highest BCUT2D eigenvalue weighted by Crippen LogP contribution is 2.31. The van der Waals surface area contributed by atoms with Crippen molar-refractivity contribution < 1.29 is 43.3 Å². The second-order valence-corrected chi connectivity index (χ2v) is 19.1. The minimum atomic E-state index is -1.18. The van der Waals surface area contributed by atoms with Gasteiger partial charge in [0.15, 0.2) is 0 Å². The van der Waals surface area contributed by atoms with E-state index in [2.05, 4.69) is 20.9 Å². The van der Waals surface area contributed by atoms with E-state index in [9.17, 15) is 28.8 Å². The van der Waals surface area contributed by atoms with Crippen molar-refractivity contribution in [1.82, 2.24) is 40.5 Å². The van der Waals surface area contributed by atoms with Gasteiger partial charge in [-0.15, -0.1) is 11.3 Å². The highest BCUT2D eigenvalue weighted by atomic mass is 32.1. The monoisotopic (exact) mass is 929 g/mol. The number of likely N-dealkylation sites (N-methyl/N-ethyl adjacent to an activating group) is 3. The summed E-state index contributed by atoms with van der Waals surface area (Å²) in [5.41, 5.74) is 1.13. The van der Waals surface area contributed by atoms with Crippen LogP contribution in [0.2, 0.25) is 0 Å². The normalized spacial score (nSPS) is 17.7. The van der Waals surface area contributed by atoms with Crippen LogP contribution in [0.3, 0.4) is 0 Å². The molecule has 6 amide bonds. The molecule has 0 bridgehead atoms. The molecule has 17 nitrogen and oxygen atoms in total. The molecule has 3 rings (SSSR count). The molecule has 9 atom stereocenters. The Kier molecular flexibility index (Phi) is 21.8. The van der Waals surface area contributed by atoms with Gasteiger partial charge in [0.05, 0.1) is 48.7 Å². The Morgan fingerprint density at radius 2 is 1.58 bits per heavy atom. The van der Waals surface area contributed by atoms with Crippen LogP contribution >= 0.6 is 11.3 Å². The number of hydrogen-bond acceptors (Lipinski definition) is 11. The Morgan fingerprint density at radius 3 is 2.14 bits per heavy atom. The molecular weight excluding hydrogens is 853 g/mol. The SMILES string of the molecule is CC[C@H](C)[C@@H]([C@@H](CC(=O)N1CCCC1[C@H](OC)[C@@H](C)C(=O)N[C@@H](Cc1ccccc1)c1nc(C(=O)N(C)CCNC(=O)O)cs1)OC)N(C)C(=O)C(NC(=O)C(C(C)C)N(C)C)C(C)C. The van der Waals surface area contributed by atoms with E-state index in [1.54, 1.807) is 50.4 Å². The summed E-state index contributed by atoms with van der Waals surface area (Å²) in [6, 6.07) is 6.92. The molecule has 18 heteroatoms. The molecule has 2 aromatic rings. The van der Waals surface area contributed by atoms with Gasteiger partial charge in [-0.2, -0.15) is 0 Å². The van der Waals surface area contributed by atoms with Crippen molar-refractivity contribution in [3.63, 3.8) is 0 Å². The van der Waals surface area contributed by atoms with Crippen LogP contribution in [-0.2, 0) is 35.1 Å². The lowest BCUT2D eigenvalue weighted by atomic mass is 9.89. The Bertz CT molecular complexity index is 1850. The fourth-order valence-electron chi connectivity index (χ4n) is 8.94. The van der Waals surface area contributed by atoms with E-state index in [0.29, 0.717) is 37.2 Å². The van der Waals surface area contributed by atoms with E-state index in [1.807, 2.05) is 90.9 Å². The third-order valence-corrected chi connectivity index (χ3v) is 13.6. The summed E-state index contributed by atoms with van der Waals surface area (Å²) in [6.07, 6.45) is -0.0837. The lowest BCUT2D eigenvalue weighted by Gasteiger charge is -2.41. The summed E-state index contributed by atoms with van der Waals surface area (Å²) in [6.45, 7) is 14.3. The van der Waals surface area contributed by atoms with Gasteiger partial charge in [0.25, 0.3) is 5.91 Å². The quantitative estimate of drug-likeness (QED) is 0.109. The second kappa shape index (κ2) is 25.9. The number of nitrogens with zero attached hydrogens (tertiary/aromatic N) is 5. The second-order valence-electron chi connectivity index (χ2n) is 18.3. The fraction of sp³-hybridized carbons (Fsp3) is 0.681. The van der Waals surface area contributed by atoms with Crippen molar-refractivity contribution >= 4 is 47.0 Å². The average Bonchev–Trinajstić information content (AvgIpc) is 3.96. The predicted octanol–water partition coefficient (Wildman–Crippen LogP) is 4.53. The van der Waals surface area contributed by atoms with E-state index in [-0.39, 0.29) is 72.5 Å². The maximum Gasteiger partial charge on any atom is 0.404 e. The molecule has 4 N–H and O–H groups in total. The summed E-state index contributed by atoms with van der Waals surface area (Å²) in [5, 5.41) is 19.5. The van der Waals surface area contributed by atoms with Crippen molar-refractivity contribution in [2.75, 3.05) is 62.0 Å². The van der Waals surface area contributed by atoms with Crippen LogP contribution in [0, 0.1) is 23.7 Å². The maximum atomic E-state index is 14.5. The van der Waals surface area contributed by atoms with E-state index < -0.39 is 54.4 Å². The lowest BCUT2D eigenvalue weighted by Crippen LogP contribution is -2.59. The first-order valence-electron chi connectivity index (χ1n) is 22.8. The van der Waals surface area contributed by atoms with Gasteiger partial charge in [-0.05, 0) is 56.7 Å². The Morgan fingerprint density at radius 1 is 0.923 bits per heavy atom. The first kappa shape index (κ1) is 54.7. The van der Waals surface area contributed by atoms with E-state index in [0.717, 1.165) is 5.56 Å². The zero-order chi connectivity index (χ0) is 48.7. The molecule has 1 aliphatic heterocycles. The molecule has 65 heavy (non-hydrogen) atoms. The van der Waals surface area contributed by atoms with Crippen molar-refractivity contribution in [3.05, 3.63) is 52.0 Å². The topological polar surface area (TPSA) is 203 Å². The highest BCUT2D eigenvalue weighted by molar-refractivity contribution is 7.09. The van der Waals surface area contributed by atoms with Gasteiger partial charge >= 0.3 is 6.09 Å². The molecule has 2 heterocycles. The van der Waals surface area contributed by atoms with Crippen LogP contribution < -0.4 is 16.0 Å². The Balaban J connectivity index is 1.83. The number of nitrogens with one attached hydrogen (secondary N) is 3. The third kappa shape index (κ3) is 14.9. The Hall–Kier alpha value is -4.65. The number of thiazole rings is 1. The molecule has 1 fully saturated rings. The Labute approximate surface area is 390 Å². The van der Waals surface area contributed by atoms with E-state index in [4.69, 9.17) is 14.6 Å². The number of rotatable bonds is 25. The number of benzene rings is 1. The van der Waals surface area contributed by atoms with Crippen LogP contribution in [0.5, 0.6) is 0 Å². The molecule has 1 aromatic heterocycles. The zero-order valence-electron chi connectivity index (χ0n) is 40.8. The summed E-state index contributed by atoms with van der Waals surface area (Å²) in [4.78, 5) is 92.0. The molecule has 1 aromatic carbocycles. The van der Waals surface area contributed by atoms with Gasteiger partial charge in [-0.25, -0.2) is 9.78 Å². The molecule has 0 radical (unpaired) electrons. The zero-order valence-corrected chi connectivity index (χ0v) is 41.6. The molecule has 3 unspecified atom stereocenters. The molecule has 0 spiro atoms. The fourth-order valence-corrected chi connectivity index (χ4v) is 9.78. The maximum absolute atomic E-state index is 14.5. The molecule has 0 aliphatic carbocycles. The summed E-state index contributed by atoms with van der Waals surface area (Å²) >= 11 is 1.25. The first-order chi connectivity index (χ1) is 30.7. The number of carbonyl (C=O) groups is 6. The van der Waals surface area contributed by atoms with Crippen molar-refractivity contribution in [3.8, 4) is 0 Å². The molecular formula is C47H76N8O9S. The largest absolute Gasteiger partial charge is 0.465 e. The standard InChI is InChI=1S/C47H76N8O9S/c1-14-30(6)40(54(11)46(60)38(28(2)3)51-43(58)39(29(4)5)52(8)9)36(63-12)26-37(56)55-23-18-21-35(55)41(64-13)31(7)42(57)49-33(25-32-19-16-15-17-20-32)44-50-34(27-65-44)45(59)53(10)24-22-48-47(61)62/h15-17,19-20,27-31,33,35-36,38-41,48H,14,18,21-26H2,1-13H3,(H,49,57)(H,51,58)(H,61,62)/t30-,31+,33-,35?,36+,38?,39?,40-,41+/m0/s1. The number of ether oxygens (including phenoxy) is 2. The van der Waals surface area contributed by atoms with Crippen LogP contribution in [0.15, 0.2) is 35.7 Å². The minimum absolute atomic E-state index is 0.0130. The molecule has 0 saturated carbocycles. The number of amides is 6. The van der Waals surface area contributed by atoms with Gasteiger partial charge in [-0.1, -0.05) is 85.2 Å². The highest BCUT2D eigenvalue weighted by Gasteiger charge is 2.43. The van der Waals surface area contributed by atoms with Crippen LogP contribution in [0.4, 0.5) is 4.79 Å². The van der Waals surface area contributed by atoms with Crippen molar-refractivity contribution in [1.29, 1.82) is 0 Å². The van der Waals surface area contributed by atoms with Gasteiger partial charge < -0.3 is 45.2 Å². The summed E-state index contributed by atoms with van der Waals surface area (Å²) < 4.78 is 12.1. The van der Waals surface area contributed by atoms with Crippen LogP contribution in [0.25, 0.3) is 0 Å². The number of aromatic nitrogens is 1. The van der Waals surface area contributed by atoms with E-state index in [1.165, 1.54) is 16.2 Å². The van der Waals surface area contributed by atoms with Gasteiger partial charge in [0.1, 0.15) is 16.7 Å². The predicted molar refractivity (Wildman–Crippen MR) is 251 cm³/mol. The smallest absolute Gasteiger partial charge is 0.404 e. The van der Waals surface area contributed by atoms with Crippen molar-refractivity contribution in [2.45, 2.75) is 123 Å². The number of hydrogen-bond donors (Lipinski definition) is 4. The van der Waals surface area contributed by atoms with Gasteiger partial charge in [-0.3, -0.25) is 28.9 Å². The molecule has 1 saturated heterocycles. The van der Waals surface area contributed by atoms with Crippen LogP contribution in [0.1, 0.15) is 101 Å². The number of carboxylic acid groups (broad SMARTS) is 1. The number of carbonyl (C=O) groups excluding carboxylic acids is 5. The summed E-state index contributed by atoms with van der Waals surface area (Å²) in [7, 11) is 10.1. The van der Waals surface area contributed by atoms with E-state index >= 15 is 0 Å². The first-order valence-corrected chi connectivity index (χ1v) is 23.7. The average molecular weight is 929 g/mol. The molecule has 364 valence electrons. The summed E-state index contributed by atoms with van der Waals surface area (Å²) in [5.74, 6) is -2.27. The van der Waals surface area contributed by atoms with Gasteiger partial charge in [0.2, 0.25) is 23.6 Å². The van der Waals surface area contributed by atoms with Crippen molar-refractivity contribution in [2.24, 2.45) is 23.7 Å². The minimum Gasteiger partial charge on any atom is -0.465 e. The van der Waals surface area contributed by atoms with Gasteiger partial charge in [0, 0.05) is 53.3 Å². The molecule has 1 aliphatic rings. The third-order valence-electron chi connectivity index (χ3n) is 12.7. The number of methoxy groups -OCH3 is 2.